The Morgan fingerprint density at radius 1 is 1.12 bits per heavy atom. The highest BCUT2D eigenvalue weighted by Crippen LogP contribution is 2.35. The van der Waals surface area contributed by atoms with Gasteiger partial charge >= 0.3 is 0 Å². The molecule has 218 valence electrons. The second kappa shape index (κ2) is 11.6. The minimum absolute atomic E-state index is 0.0459. The van der Waals surface area contributed by atoms with E-state index in [1.165, 1.54) is 13.2 Å². The van der Waals surface area contributed by atoms with Gasteiger partial charge in [-0.2, -0.15) is 0 Å². The molecule has 42 heavy (non-hydrogen) atoms. The maximum Gasteiger partial charge on any atom is 0.254 e. The zero-order chi connectivity index (χ0) is 29.4. The fraction of sp³-hybridized carbons (Fsp3) is 0.333. The summed E-state index contributed by atoms with van der Waals surface area (Å²) in [6.45, 7) is 5.65. The lowest BCUT2D eigenvalue weighted by Crippen LogP contribution is -2.52. The number of aromatic nitrogens is 3. The molecule has 2 saturated heterocycles. The first-order valence-corrected chi connectivity index (χ1v) is 14.2. The van der Waals surface area contributed by atoms with Crippen molar-refractivity contribution in [2.75, 3.05) is 51.7 Å². The van der Waals surface area contributed by atoms with Gasteiger partial charge in [0.1, 0.15) is 0 Å². The number of fused-ring (bicyclic) bond motifs is 1. The minimum atomic E-state index is -0.638. The molecule has 0 spiro atoms. The average molecular weight is 592 g/mol. The Morgan fingerprint density at radius 2 is 1.90 bits per heavy atom. The molecule has 0 saturated carbocycles. The van der Waals surface area contributed by atoms with Gasteiger partial charge in [-0.25, -0.2) is 14.4 Å². The number of amides is 2. The summed E-state index contributed by atoms with van der Waals surface area (Å²) >= 11 is 6.32. The van der Waals surface area contributed by atoms with Gasteiger partial charge in [0, 0.05) is 61.9 Å². The Hall–Kier alpha value is -4.22. The zero-order valence-corrected chi connectivity index (χ0v) is 24.1. The molecule has 4 heterocycles. The monoisotopic (exact) mass is 591 g/mol. The molecule has 2 fully saturated rings. The summed E-state index contributed by atoms with van der Waals surface area (Å²) in [6.07, 6.45) is 5.83. The highest BCUT2D eigenvalue weighted by molar-refractivity contribution is 6.33. The number of rotatable bonds is 6. The molecule has 4 aromatic rings. The van der Waals surface area contributed by atoms with Gasteiger partial charge in [-0.15, -0.1) is 0 Å². The summed E-state index contributed by atoms with van der Waals surface area (Å²) in [5.41, 5.74) is 3.77. The number of carbonyl (C=O) groups excluding carboxylic acids is 2. The number of methoxy groups -OCH3 is 1. The first kappa shape index (κ1) is 27.9. The molecule has 2 aliphatic heterocycles. The van der Waals surface area contributed by atoms with Crippen molar-refractivity contribution in [1.29, 1.82) is 0 Å². The highest BCUT2D eigenvalue weighted by atomic mass is 35.5. The number of anilines is 2. The zero-order valence-electron chi connectivity index (χ0n) is 23.4. The molecule has 6 rings (SSSR count). The van der Waals surface area contributed by atoms with Crippen LogP contribution in [0.1, 0.15) is 22.3 Å². The Morgan fingerprint density at radius 3 is 2.62 bits per heavy atom. The van der Waals surface area contributed by atoms with Crippen LogP contribution in [0.3, 0.4) is 0 Å². The molecular formula is C30H31ClFN7O3. The van der Waals surface area contributed by atoms with E-state index in [2.05, 4.69) is 20.6 Å². The van der Waals surface area contributed by atoms with Crippen molar-refractivity contribution >= 4 is 40.6 Å². The molecule has 2 amide bonds. The number of aryl methyl sites for hydroxylation is 1. The number of hydrogen-bond acceptors (Lipinski definition) is 7. The first-order chi connectivity index (χ1) is 20.4. The summed E-state index contributed by atoms with van der Waals surface area (Å²) in [4.78, 5) is 38.7. The number of ether oxygens (including phenoxy) is 1. The van der Waals surface area contributed by atoms with Crippen LogP contribution in [-0.2, 0) is 4.79 Å². The lowest BCUT2D eigenvalue weighted by molar-refractivity contribution is -0.136. The van der Waals surface area contributed by atoms with Crippen LogP contribution >= 0.6 is 11.6 Å². The Balaban J connectivity index is 1.16. The molecule has 2 aromatic heterocycles. The van der Waals surface area contributed by atoms with Gasteiger partial charge in [-0.1, -0.05) is 11.6 Å². The van der Waals surface area contributed by atoms with Crippen molar-refractivity contribution in [3.63, 3.8) is 0 Å². The SMILES string of the molecule is COc1ccc(-c2cnc3c(Nc4ccc(C(=O)N5CCN(C(=O)[C@H]6CCNC6)CC5)c(C)c4)nccn23)c(Cl)c1F. The smallest absolute Gasteiger partial charge is 0.254 e. The quantitative estimate of drug-likeness (QED) is 0.347. The Labute approximate surface area is 247 Å². The molecule has 2 aliphatic rings. The molecule has 0 radical (unpaired) electrons. The molecule has 2 aromatic carbocycles. The van der Waals surface area contributed by atoms with Gasteiger partial charge in [0.25, 0.3) is 5.91 Å². The van der Waals surface area contributed by atoms with E-state index in [0.29, 0.717) is 54.5 Å². The molecule has 1 atom stereocenters. The topological polar surface area (TPSA) is 104 Å². The van der Waals surface area contributed by atoms with Crippen LogP contribution in [0, 0.1) is 18.7 Å². The number of hydrogen-bond donors (Lipinski definition) is 2. The molecule has 2 N–H and O–H groups in total. The summed E-state index contributed by atoms with van der Waals surface area (Å²) in [6, 6.07) is 8.74. The number of nitrogens with zero attached hydrogens (tertiary/aromatic N) is 5. The van der Waals surface area contributed by atoms with Crippen LogP contribution in [0.25, 0.3) is 16.9 Å². The van der Waals surface area contributed by atoms with Crippen molar-refractivity contribution < 1.29 is 18.7 Å². The van der Waals surface area contributed by atoms with Crippen molar-refractivity contribution in [3.05, 3.63) is 70.9 Å². The van der Waals surface area contributed by atoms with Crippen LogP contribution in [0.15, 0.2) is 48.9 Å². The second-order valence-electron chi connectivity index (χ2n) is 10.5. The lowest BCUT2D eigenvalue weighted by Gasteiger charge is -2.36. The maximum absolute atomic E-state index is 14.6. The molecule has 12 heteroatoms. The van der Waals surface area contributed by atoms with Crippen molar-refractivity contribution in [1.82, 2.24) is 29.5 Å². The number of nitrogens with one attached hydrogen (secondary N) is 2. The van der Waals surface area contributed by atoms with Gasteiger partial charge in [0.15, 0.2) is 23.0 Å². The van der Waals surface area contributed by atoms with Crippen molar-refractivity contribution in [2.24, 2.45) is 5.92 Å². The van der Waals surface area contributed by atoms with E-state index in [9.17, 15) is 14.0 Å². The summed E-state index contributed by atoms with van der Waals surface area (Å²) in [7, 11) is 1.39. The minimum Gasteiger partial charge on any atom is -0.494 e. The van der Waals surface area contributed by atoms with E-state index in [1.54, 1.807) is 35.1 Å². The third-order valence-corrected chi connectivity index (χ3v) is 8.35. The van der Waals surface area contributed by atoms with Crippen LogP contribution in [0.2, 0.25) is 5.02 Å². The van der Waals surface area contributed by atoms with Gasteiger partial charge in [-0.05, 0) is 55.8 Å². The highest BCUT2D eigenvalue weighted by Gasteiger charge is 2.31. The van der Waals surface area contributed by atoms with E-state index in [1.807, 2.05) is 28.9 Å². The van der Waals surface area contributed by atoms with E-state index < -0.39 is 5.82 Å². The standard InChI is InChI=1S/C30H31ClFN7O3/c1-18-15-20(3-4-21(18)30(41)38-13-11-37(12-14-38)29(40)19-7-8-33-16-19)36-27-28-35-17-23(39(28)10-9-34-27)22-5-6-24(42-2)26(32)25(22)31/h3-6,9-10,15,17,19,33H,7-8,11-14,16H2,1-2H3,(H,34,36)/t19-/m0/s1. The predicted molar refractivity (Wildman–Crippen MR) is 158 cm³/mol. The van der Waals surface area contributed by atoms with E-state index in [0.717, 1.165) is 30.8 Å². The fourth-order valence-electron chi connectivity index (χ4n) is 5.64. The van der Waals surface area contributed by atoms with Crippen LogP contribution < -0.4 is 15.4 Å². The van der Waals surface area contributed by atoms with Crippen molar-refractivity contribution in [2.45, 2.75) is 13.3 Å². The van der Waals surface area contributed by atoms with Gasteiger partial charge in [0.2, 0.25) is 5.91 Å². The molecule has 10 nitrogen and oxygen atoms in total. The third-order valence-electron chi connectivity index (χ3n) is 7.98. The average Bonchev–Trinajstić information content (AvgIpc) is 3.70. The molecule has 0 unspecified atom stereocenters. The van der Waals surface area contributed by atoms with E-state index in [-0.39, 0.29) is 28.5 Å². The summed E-state index contributed by atoms with van der Waals surface area (Å²) < 4.78 is 21.4. The van der Waals surface area contributed by atoms with Gasteiger partial charge < -0.3 is 25.2 Å². The number of benzene rings is 2. The van der Waals surface area contributed by atoms with Crippen molar-refractivity contribution in [3.8, 4) is 17.0 Å². The largest absolute Gasteiger partial charge is 0.494 e. The van der Waals surface area contributed by atoms with Crippen LogP contribution in [0.4, 0.5) is 15.9 Å². The number of piperazine rings is 1. The number of imidazole rings is 1. The fourth-order valence-corrected chi connectivity index (χ4v) is 5.89. The molecule has 0 aliphatic carbocycles. The van der Waals surface area contributed by atoms with E-state index >= 15 is 0 Å². The Kier molecular flexibility index (Phi) is 7.70. The predicted octanol–water partition coefficient (Wildman–Crippen LogP) is 4.14. The summed E-state index contributed by atoms with van der Waals surface area (Å²) in [5, 5.41) is 6.48. The normalized spacial score (nSPS) is 17.1. The molecule has 0 bridgehead atoms. The van der Waals surface area contributed by atoms with Gasteiger partial charge in [-0.3, -0.25) is 14.0 Å². The third kappa shape index (κ3) is 5.14. The first-order valence-electron chi connectivity index (χ1n) is 13.9. The lowest BCUT2D eigenvalue weighted by atomic mass is 10.0. The molecular weight excluding hydrogens is 561 g/mol. The van der Waals surface area contributed by atoms with Gasteiger partial charge in [0.05, 0.1) is 29.9 Å². The van der Waals surface area contributed by atoms with Crippen LogP contribution in [0.5, 0.6) is 5.75 Å². The number of carbonyl (C=O) groups is 2. The Bertz CT molecular complexity index is 1660. The maximum atomic E-state index is 14.6. The van der Waals surface area contributed by atoms with Crippen LogP contribution in [-0.4, -0.2) is 82.4 Å². The summed E-state index contributed by atoms with van der Waals surface area (Å²) in [5.74, 6) is 0.105. The van der Waals surface area contributed by atoms with E-state index in [4.69, 9.17) is 16.3 Å². The number of halogens is 2. The second-order valence-corrected chi connectivity index (χ2v) is 10.9.